The van der Waals surface area contributed by atoms with E-state index in [9.17, 15) is 5.11 Å². The van der Waals surface area contributed by atoms with Crippen LogP contribution in [0.3, 0.4) is 0 Å². The highest BCUT2D eigenvalue weighted by Gasteiger charge is 2.19. The van der Waals surface area contributed by atoms with Gasteiger partial charge in [-0.1, -0.05) is 15.9 Å². The number of aromatic amines is 1. The van der Waals surface area contributed by atoms with Crippen molar-refractivity contribution in [3.63, 3.8) is 0 Å². The molecule has 0 unspecified atom stereocenters. The van der Waals surface area contributed by atoms with E-state index in [1.807, 2.05) is 18.2 Å². The number of hydrogen-bond donors (Lipinski definition) is 2. The summed E-state index contributed by atoms with van der Waals surface area (Å²) in [6, 6.07) is 6.34. The predicted octanol–water partition coefficient (Wildman–Crippen LogP) is 3.22. The standard InChI is InChI=1S/C12H11BrN2O/c13-7-1-4-11-9(5-7)10(12(16)15-11)6-14-8-2-3-8/h1,4-6,8,15-16H,2-3H2. The molecule has 1 aromatic heterocycles. The van der Waals surface area contributed by atoms with Crippen LogP contribution < -0.4 is 0 Å². The number of fused-ring (bicyclic) bond motifs is 1. The average molecular weight is 279 g/mol. The fourth-order valence-corrected chi connectivity index (χ4v) is 2.07. The monoisotopic (exact) mass is 278 g/mol. The van der Waals surface area contributed by atoms with Crippen LogP contribution in [0.4, 0.5) is 0 Å². The predicted molar refractivity (Wildman–Crippen MR) is 68.3 cm³/mol. The molecule has 0 radical (unpaired) electrons. The zero-order chi connectivity index (χ0) is 11.1. The molecule has 2 aromatic rings. The van der Waals surface area contributed by atoms with E-state index >= 15 is 0 Å². The summed E-state index contributed by atoms with van der Waals surface area (Å²) in [5.74, 6) is 0.192. The number of aromatic hydroxyl groups is 1. The first-order valence-corrected chi connectivity index (χ1v) is 6.07. The minimum Gasteiger partial charge on any atom is -0.494 e. The molecule has 1 aliphatic carbocycles. The SMILES string of the molecule is Oc1[nH]c2ccc(Br)cc2c1C=NC1CC1. The Labute approximate surface area is 101 Å². The van der Waals surface area contributed by atoms with Crippen molar-refractivity contribution in [2.45, 2.75) is 18.9 Å². The van der Waals surface area contributed by atoms with Gasteiger partial charge >= 0.3 is 0 Å². The number of hydrogen-bond acceptors (Lipinski definition) is 2. The molecular formula is C12H11BrN2O. The Morgan fingerprint density at radius 1 is 1.44 bits per heavy atom. The Bertz CT molecular complexity index is 570. The molecule has 16 heavy (non-hydrogen) atoms. The number of benzene rings is 1. The van der Waals surface area contributed by atoms with E-state index in [-0.39, 0.29) is 5.88 Å². The Morgan fingerprint density at radius 3 is 3.00 bits per heavy atom. The van der Waals surface area contributed by atoms with Gasteiger partial charge in [-0.15, -0.1) is 0 Å². The van der Waals surface area contributed by atoms with E-state index in [2.05, 4.69) is 25.9 Å². The third-order valence-electron chi connectivity index (χ3n) is 2.74. The molecule has 1 heterocycles. The quantitative estimate of drug-likeness (QED) is 0.815. The molecule has 1 saturated carbocycles. The Kier molecular flexibility index (Phi) is 2.24. The third kappa shape index (κ3) is 1.73. The number of aliphatic imine (C=N–C) groups is 1. The zero-order valence-electron chi connectivity index (χ0n) is 8.57. The van der Waals surface area contributed by atoms with Gasteiger partial charge in [-0.2, -0.15) is 0 Å². The molecule has 0 bridgehead atoms. The number of aromatic nitrogens is 1. The summed E-state index contributed by atoms with van der Waals surface area (Å²) in [6.45, 7) is 0. The van der Waals surface area contributed by atoms with Gasteiger partial charge in [-0.25, -0.2) is 0 Å². The van der Waals surface area contributed by atoms with Gasteiger partial charge in [0.05, 0.1) is 11.6 Å². The van der Waals surface area contributed by atoms with Gasteiger partial charge in [0.2, 0.25) is 0 Å². The van der Waals surface area contributed by atoms with Gasteiger partial charge in [-0.3, -0.25) is 4.99 Å². The second-order valence-corrected chi connectivity index (χ2v) is 5.00. The molecule has 3 nitrogen and oxygen atoms in total. The highest BCUT2D eigenvalue weighted by Crippen LogP contribution is 2.29. The van der Waals surface area contributed by atoms with Crippen molar-refractivity contribution in [3.8, 4) is 5.88 Å². The largest absolute Gasteiger partial charge is 0.494 e. The van der Waals surface area contributed by atoms with Crippen molar-refractivity contribution in [2.24, 2.45) is 4.99 Å². The van der Waals surface area contributed by atoms with Crippen LogP contribution in [0, 0.1) is 0 Å². The van der Waals surface area contributed by atoms with Crippen molar-refractivity contribution in [3.05, 3.63) is 28.2 Å². The van der Waals surface area contributed by atoms with E-state index in [1.165, 1.54) is 12.8 Å². The topological polar surface area (TPSA) is 48.4 Å². The molecule has 0 spiro atoms. The van der Waals surface area contributed by atoms with E-state index in [0.717, 1.165) is 20.9 Å². The molecular weight excluding hydrogens is 268 g/mol. The maximum atomic E-state index is 9.80. The zero-order valence-corrected chi connectivity index (χ0v) is 10.2. The summed E-state index contributed by atoms with van der Waals surface area (Å²) < 4.78 is 1.00. The lowest BCUT2D eigenvalue weighted by atomic mass is 10.2. The molecule has 82 valence electrons. The molecule has 1 aromatic carbocycles. The summed E-state index contributed by atoms with van der Waals surface area (Å²) >= 11 is 3.43. The van der Waals surface area contributed by atoms with Gasteiger partial charge in [0.1, 0.15) is 0 Å². The molecule has 0 amide bonds. The van der Waals surface area contributed by atoms with E-state index in [1.54, 1.807) is 6.21 Å². The second-order valence-electron chi connectivity index (χ2n) is 4.09. The van der Waals surface area contributed by atoms with E-state index < -0.39 is 0 Å². The van der Waals surface area contributed by atoms with Crippen LogP contribution in [0.15, 0.2) is 27.7 Å². The highest BCUT2D eigenvalue weighted by atomic mass is 79.9. The maximum Gasteiger partial charge on any atom is 0.198 e. The first-order valence-electron chi connectivity index (χ1n) is 5.27. The van der Waals surface area contributed by atoms with Crippen LogP contribution in [0.2, 0.25) is 0 Å². The fraction of sp³-hybridized carbons (Fsp3) is 0.250. The molecule has 3 rings (SSSR count). The van der Waals surface area contributed by atoms with Crippen LogP contribution in [0.1, 0.15) is 18.4 Å². The lowest BCUT2D eigenvalue weighted by Gasteiger charge is -1.93. The van der Waals surface area contributed by atoms with Crippen LogP contribution in [0.5, 0.6) is 5.88 Å². The van der Waals surface area contributed by atoms with Crippen LogP contribution in [0.25, 0.3) is 10.9 Å². The third-order valence-corrected chi connectivity index (χ3v) is 3.23. The number of nitrogens with one attached hydrogen (secondary N) is 1. The first-order chi connectivity index (χ1) is 7.74. The van der Waals surface area contributed by atoms with Crippen molar-refractivity contribution in [1.29, 1.82) is 0 Å². The minimum atomic E-state index is 0.192. The number of H-pyrrole nitrogens is 1. The highest BCUT2D eigenvalue weighted by molar-refractivity contribution is 9.10. The van der Waals surface area contributed by atoms with E-state index in [4.69, 9.17) is 0 Å². The molecule has 2 N–H and O–H groups in total. The number of nitrogens with zero attached hydrogens (tertiary/aromatic N) is 1. The number of rotatable bonds is 2. The lowest BCUT2D eigenvalue weighted by Crippen LogP contribution is -1.82. The van der Waals surface area contributed by atoms with Gasteiger partial charge in [0, 0.05) is 21.6 Å². The van der Waals surface area contributed by atoms with Gasteiger partial charge in [0.25, 0.3) is 0 Å². The fourth-order valence-electron chi connectivity index (χ4n) is 1.71. The van der Waals surface area contributed by atoms with E-state index in [0.29, 0.717) is 6.04 Å². The van der Waals surface area contributed by atoms with Crippen molar-refractivity contribution in [1.82, 2.24) is 4.98 Å². The summed E-state index contributed by atoms with van der Waals surface area (Å²) in [4.78, 5) is 7.34. The first kappa shape index (κ1) is 9.90. The van der Waals surface area contributed by atoms with Crippen LogP contribution in [-0.2, 0) is 0 Å². The molecule has 1 fully saturated rings. The van der Waals surface area contributed by atoms with Crippen LogP contribution in [-0.4, -0.2) is 22.3 Å². The summed E-state index contributed by atoms with van der Waals surface area (Å²) in [7, 11) is 0. The molecule has 4 heteroatoms. The second kappa shape index (κ2) is 3.63. The summed E-state index contributed by atoms with van der Waals surface area (Å²) in [5.41, 5.74) is 1.71. The van der Waals surface area contributed by atoms with Gasteiger partial charge in [-0.05, 0) is 31.0 Å². The molecule has 1 aliphatic rings. The number of halogens is 1. The lowest BCUT2D eigenvalue weighted by molar-refractivity contribution is 0.457. The molecule has 0 atom stereocenters. The summed E-state index contributed by atoms with van der Waals surface area (Å²) in [6.07, 6.45) is 4.12. The van der Waals surface area contributed by atoms with Gasteiger partial charge in [0.15, 0.2) is 5.88 Å². The summed E-state index contributed by atoms with van der Waals surface area (Å²) in [5, 5.41) is 10.8. The van der Waals surface area contributed by atoms with Crippen molar-refractivity contribution in [2.75, 3.05) is 0 Å². The maximum absolute atomic E-state index is 9.80. The Morgan fingerprint density at radius 2 is 2.25 bits per heavy atom. The Balaban J connectivity index is 2.12. The van der Waals surface area contributed by atoms with Crippen molar-refractivity contribution >= 4 is 33.0 Å². The normalized spacial score (nSPS) is 16.3. The van der Waals surface area contributed by atoms with Gasteiger partial charge < -0.3 is 10.1 Å². The van der Waals surface area contributed by atoms with Crippen molar-refractivity contribution < 1.29 is 5.11 Å². The molecule has 0 aliphatic heterocycles. The Hall–Kier alpha value is -1.29. The molecule has 0 saturated heterocycles. The minimum absolute atomic E-state index is 0.192. The smallest absolute Gasteiger partial charge is 0.198 e. The average Bonchev–Trinajstić information content (AvgIpc) is 3.01. The van der Waals surface area contributed by atoms with Crippen LogP contribution >= 0.6 is 15.9 Å².